The summed E-state index contributed by atoms with van der Waals surface area (Å²) in [6, 6.07) is 10.4. The third-order valence-electron chi connectivity index (χ3n) is 3.40. The van der Waals surface area contributed by atoms with Gasteiger partial charge in [-0.05, 0) is 17.5 Å². The highest BCUT2D eigenvalue weighted by atomic mass is 32.1. The molecule has 0 saturated carbocycles. The summed E-state index contributed by atoms with van der Waals surface area (Å²) in [6.45, 7) is 0. The van der Waals surface area contributed by atoms with Gasteiger partial charge in [0, 0.05) is 29.7 Å². The van der Waals surface area contributed by atoms with E-state index in [1.54, 1.807) is 17.7 Å². The Balaban J connectivity index is 2.12. The molecule has 0 amide bonds. The fourth-order valence-corrected chi connectivity index (χ4v) is 3.36. The summed E-state index contributed by atoms with van der Waals surface area (Å²) in [5.74, 6) is 0. The lowest BCUT2D eigenvalue weighted by Gasteiger charge is -1.99. The van der Waals surface area contributed by atoms with Gasteiger partial charge >= 0.3 is 0 Å². The first kappa shape index (κ1) is 10.7. The van der Waals surface area contributed by atoms with Crippen LogP contribution in [-0.4, -0.2) is 14.5 Å². The molecule has 0 aliphatic carbocycles. The van der Waals surface area contributed by atoms with E-state index in [-0.39, 0.29) is 0 Å². The molecular weight excluding hydrogens is 254 g/mol. The van der Waals surface area contributed by atoms with Gasteiger partial charge in [0.1, 0.15) is 6.33 Å². The molecule has 0 saturated heterocycles. The highest BCUT2D eigenvalue weighted by Gasteiger charge is 2.13. The summed E-state index contributed by atoms with van der Waals surface area (Å²) in [4.78, 5) is 8.81. The summed E-state index contributed by atoms with van der Waals surface area (Å²) in [6.07, 6.45) is 3.79. The van der Waals surface area contributed by atoms with Gasteiger partial charge in [-0.25, -0.2) is 9.97 Å². The van der Waals surface area contributed by atoms with Crippen molar-refractivity contribution in [2.75, 3.05) is 0 Å². The summed E-state index contributed by atoms with van der Waals surface area (Å²) >= 11 is 1.69. The molecule has 0 bridgehead atoms. The maximum atomic E-state index is 4.50. The second-order valence-electron chi connectivity index (χ2n) is 4.53. The number of hydrogen-bond acceptors (Lipinski definition) is 3. The van der Waals surface area contributed by atoms with Crippen LogP contribution in [0.5, 0.6) is 0 Å². The van der Waals surface area contributed by atoms with Crippen molar-refractivity contribution >= 4 is 32.5 Å². The van der Waals surface area contributed by atoms with Gasteiger partial charge in [0.15, 0.2) is 0 Å². The number of aryl methyl sites for hydroxylation is 1. The Morgan fingerprint density at radius 2 is 2.00 bits per heavy atom. The molecule has 4 heteroatoms. The Morgan fingerprint density at radius 3 is 2.95 bits per heavy atom. The molecule has 3 aromatic heterocycles. The van der Waals surface area contributed by atoms with Crippen LogP contribution in [0.1, 0.15) is 0 Å². The molecule has 4 rings (SSSR count). The van der Waals surface area contributed by atoms with E-state index in [1.807, 2.05) is 6.07 Å². The molecule has 4 aromatic rings. The molecular formula is C15H11N3S. The fraction of sp³-hybridized carbons (Fsp3) is 0.0667. The second-order valence-corrected chi connectivity index (χ2v) is 5.44. The maximum absolute atomic E-state index is 4.50. The van der Waals surface area contributed by atoms with Crippen molar-refractivity contribution in [2.24, 2.45) is 7.05 Å². The number of rotatable bonds is 1. The van der Waals surface area contributed by atoms with Crippen LogP contribution in [-0.2, 0) is 7.05 Å². The van der Waals surface area contributed by atoms with Crippen LogP contribution in [0.3, 0.4) is 0 Å². The van der Waals surface area contributed by atoms with Crippen molar-refractivity contribution in [3.8, 4) is 11.3 Å². The van der Waals surface area contributed by atoms with Crippen molar-refractivity contribution in [3.63, 3.8) is 0 Å². The molecule has 92 valence electrons. The zero-order valence-electron chi connectivity index (χ0n) is 10.4. The molecule has 0 radical (unpaired) electrons. The zero-order valence-corrected chi connectivity index (χ0v) is 11.2. The largest absolute Gasteiger partial charge is 0.350 e. The molecule has 3 nitrogen and oxygen atoms in total. The second kappa shape index (κ2) is 3.90. The van der Waals surface area contributed by atoms with E-state index in [9.17, 15) is 0 Å². The lowest BCUT2D eigenvalue weighted by atomic mass is 10.1. The highest BCUT2D eigenvalue weighted by Crippen LogP contribution is 2.34. The van der Waals surface area contributed by atoms with Crippen molar-refractivity contribution < 1.29 is 0 Å². The van der Waals surface area contributed by atoms with Crippen molar-refractivity contribution in [3.05, 3.63) is 48.2 Å². The number of nitrogens with zero attached hydrogens (tertiary/aromatic N) is 3. The van der Waals surface area contributed by atoms with Gasteiger partial charge in [0.05, 0.1) is 15.9 Å². The quantitative estimate of drug-likeness (QED) is 0.523. The molecule has 0 aliphatic heterocycles. The molecule has 0 atom stereocenters. The third-order valence-corrected chi connectivity index (χ3v) is 4.31. The van der Waals surface area contributed by atoms with E-state index in [1.165, 1.54) is 16.5 Å². The van der Waals surface area contributed by atoms with Gasteiger partial charge in [0.25, 0.3) is 0 Å². The average molecular weight is 265 g/mol. The number of fused-ring (bicyclic) bond motifs is 2. The SMILES string of the molecule is Cn1cc(-c2ncnc3ccsc23)c2ccccc21. The lowest BCUT2D eigenvalue weighted by Crippen LogP contribution is -1.85. The standard InChI is InChI=1S/C15H11N3S/c1-18-8-11(10-4-2-3-5-13(10)18)14-15-12(6-7-19-15)16-9-17-14/h2-9H,1H3. The maximum Gasteiger partial charge on any atom is 0.116 e. The van der Waals surface area contributed by atoms with Crippen LogP contribution in [0.15, 0.2) is 48.2 Å². The first-order chi connectivity index (χ1) is 9.34. The van der Waals surface area contributed by atoms with E-state index < -0.39 is 0 Å². The number of benzene rings is 1. The predicted molar refractivity (Wildman–Crippen MR) is 79.3 cm³/mol. The third kappa shape index (κ3) is 1.50. The predicted octanol–water partition coefficient (Wildman–Crippen LogP) is 3.85. The Hall–Kier alpha value is -2.20. The molecule has 1 aromatic carbocycles. The summed E-state index contributed by atoms with van der Waals surface area (Å²) in [5, 5.41) is 3.30. The smallest absolute Gasteiger partial charge is 0.116 e. The summed E-state index contributed by atoms with van der Waals surface area (Å²) in [7, 11) is 2.07. The zero-order chi connectivity index (χ0) is 12.8. The first-order valence-electron chi connectivity index (χ1n) is 6.07. The Kier molecular flexibility index (Phi) is 2.19. The molecule has 0 spiro atoms. The minimum absolute atomic E-state index is 1.02. The van der Waals surface area contributed by atoms with Crippen LogP contribution in [0, 0.1) is 0 Å². The number of para-hydroxylation sites is 1. The highest BCUT2D eigenvalue weighted by molar-refractivity contribution is 7.17. The van der Waals surface area contributed by atoms with Crippen molar-refractivity contribution in [1.29, 1.82) is 0 Å². The lowest BCUT2D eigenvalue weighted by molar-refractivity contribution is 0.969. The monoisotopic (exact) mass is 265 g/mol. The van der Waals surface area contributed by atoms with Gasteiger partial charge in [-0.3, -0.25) is 0 Å². The van der Waals surface area contributed by atoms with Gasteiger partial charge in [-0.1, -0.05) is 18.2 Å². The van der Waals surface area contributed by atoms with Crippen LogP contribution in [0.2, 0.25) is 0 Å². The Labute approximate surface area is 114 Å². The number of aromatic nitrogens is 3. The van der Waals surface area contributed by atoms with Gasteiger partial charge in [0.2, 0.25) is 0 Å². The fourth-order valence-electron chi connectivity index (χ4n) is 2.51. The molecule has 0 fully saturated rings. The minimum atomic E-state index is 1.02. The van der Waals surface area contributed by atoms with Crippen LogP contribution >= 0.6 is 11.3 Å². The first-order valence-corrected chi connectivity index (χ1v) is 6.95. The van der Waals surface area contributed by atoms with Crippen LogP contribution in [0.4, 0.5) is 0 Å². The van der Waals surface area contributed by atoms with Crippen molar-refractivity contribution in [1.82, 2.24) is 14.5 Å². The number of thiophene rings is 1. The Bertz CT molecular complexity index is 889. The van der Waals surface area contributed by atoms with Crippen LogP contribution < -0.4 is 0 Å². The van der Waals surface area contributed by atoms with Gasteiger partial charge < -0.3 is 4.57 Å². The van der Waals surface area contributed by atoms with Gasteiger partial charge in [-0.15, -0.1) is 11.3 Å². The molecule has 0 aliphatic rings. The van der Waals surface area contributed by atoms with Gasteiger partial charge in [-0.2, -0.15) is 0 Å². The number of hydrogen-bond donors (Lipinski definition) is 0. The van der Waals surface area contributed by atoms with E-state index in [0.29, 0.717) is 0 Å². The van der Waals surface area contributed by atoms with E-state index in [0.717, 1.165) is 15.9 Å². The summed E-state index contributed by atoms with van der Waals surface area (Å²) in [5.41, 5.74) is 4.44. The summed E-state index contributed by atoms with van der Waals surface area (Å²) < 4.78 is 3.30. The minimum Gasteiger partial charge on any atom is -0.350 e. The molecule has 3 heterocycles. The topological polar surface area (TPSA) is 30.7 Å². The molecule has 0 N–H and O–H groups in total. The van der Waals surface area contributed by atoms with E-state index in [2.05, 4.69) is 57.4 Å². The van der Waals surface area contributed by atoms with E-state index in [4.69, 9.17) is 0 Å². The van der Waals surface area contributed by atoms with Crippen LogP contribution in [0.25, 0.3) is 32.4 Å². The van der Waals surface area contributed by atoms with Crippen molar-refractivity contribution in [2.45, 2.75) is 0 Å². The molecule has 0 unspecified atom stereocenters. The molecule has 19 heavy (non-hydrogen) atoms. The normalized spacial score (nSPS) is 11.4. The average Bonchev–Trinajstić information content (AvgIpc) is 3.04. The Morgan fingerprint density at radius 1 is 1.11 bits per heavy atom. The van der Waals surface area contributed by atoms with E-state index >= 15 is 0 Å².